The van der Waals surface area contributed by atoms with Crippen LogP contribution in [0.3, 0.4) is 0 Å². The summed E-state index contributed by atoms with van der Waals surface area (Å²) in [4.78, 5) is 23.7. The van der Waals surface area contributed by atoms with Crippen LogP contribution in [-0.2, 0) is 6.42 Å². The number of piperazine rings is 1. The number of anilines is 3. The second-order valence-electron chi connectivity index (χ2n) is 6.44. The molecule has 3 rings (SSSR count). The van der Waals surface area contributed by atoms with Crippen LogP contribution in [-0.4, -0.2) is 47.6 Å². The first-order valence-electron chi connectivity index (χ1n) is 9.12. The highest BCUT2D eigenvalue weighted by Crippen LogP contribution is 2.21. The van der Waals surface area contributed by atoms with Crippen molar-refractivity contribution in [3.05, 3.63) is 46.4 Å². The largest absolute Gasteiger partial charge is 0.369 e. The number of H-pyrrole nitrogens is 1. The van der Waals surface area contributed by atoms with Crippen LogP contribution in [0.1, 0.15) is 26.0 Å². The first kappa shape index (κ1) is 17.5. The van der Waals surface area contributed by atoms with Crippen LogP contribution >= 0.6 is 0 Å². The van der Waals surface area contributed by atoms with Crippen LogP contribution in [0.25, 0.3) is 0 Å². The number of nitrogens with one attached hydrogen (secondary N) is 2. The predicted molar refractivity (Wildman–Crippen MR) is 103 cm³/mol. The molecule has 0 bridgehead atoms. The molecule has 0 aliphatic carbocycles. The Morgan fingerprint density at radius 2 is 1.84 bits per heavy atom. The summed E-state index contributed by atoms with van der Waals surface area (Å²) in [5.41, 5.74) is 2.82. The van der Waals surface area contributed by atoms with Crippen molar-refractivity contribution in [2.24, 2.45) is 0 Å². The Morgan fingerprint density at radius 3 is 2.48 bits per heavy atom. The highest BCUT2D eigenvalue weighted by Gasteiger charge is 2.16. The van der Waals surface area contributed by atoms with Crippen molar-refractivity contribution < 1.29 is 0 Å². The maximum absolute atomic E-state index is 11.6. The Morgan fingerprint density at radius 1 is 1.12 bits per heavy atom. The molecule has 6 heteroatoms. The SMILES string of the molecule is CCCN1CCN(c2ccc(Nc3nc(CC)cc(=O)[nH]3)cc2)CC1. The molecule has 134 valence electrons. The summed E-state index contributed by atoms with van der Waals surface area (Å²) in [6, 6.07) is 9.85. The normalized spacial score (nSPS) is 15.4. The van der Waals surface area contributed by atoms with Crippen LogP contribution in [0.4, 0.5) is 17.3 Å². The molecule has 0 unspecified atom stereocenters. The third kappa shape index (κ3) is 4.60. The molecule has 0 amide bonds. The summed E-state index contributed by atoms with van der Waals surface area (Å²) in [5, 5.41) is 3.18. The monoisotopic (exact) mass is 341 g/mol. The second-order valence-corrected chi connectivity index (χ2v) is 6.44. The van der Waals surface area contributed by atoms with Crippen molar-refractivity contribution in [3.8, 4) is 0 Å². The van der Waals surface area contributed by atoms with E-state index in [0.717, 1.165) is 44.0 Å². The Labute approximate surface area is 148 Å². The lowest BCUT2D eigenvalue weighted by Crippen LogP contribution is -2.46. The molecular weight excluding hydrogens is 314 g/mol. The molecule has 2 heterocycles. The van der Waals surface area contributed by atoms with Gasteiger partial charge in [-0.05, 0) is 43.7 Å². The van der Waals surface area contributed by atoms with Crippen LogP contribution in [0, 0.1) is 0 Å². The van der Waals surface area contributed by atoms with Gasteiger partial charge in [-0.25, -0.2) is 4.98 Å². The van der Waals surface area contributed by atoms with Gasteiger partial charge in [0.15, 0.2) is 0 Å². The van der Waals surface area contributed by atoms with Gasteiger partial charge in [-0.3, -0.25) is 14.7 Å². The van der Waals surface area contributed by atoms with Gasteiger partial charge in [0.05, 0.1) is 0 Å². The zero-order valence-electron chi connectivity index (χ0n) is 15.1. The van der Waals surface area contributed by atoms with Crippen LogP contribution < -0.4 is 15.8 Å². The average molecular weight is 341 g/mol. The topological polar surface area (TPSA) is 64.3 Å². The third-order valence-electron chi connectivity index (χ3n) is 4.56. The molecule has 0 saturated carbocycles. The summed E-state index contributed by atoms with van der Waals surface area (Å²) in [5.74, 6) is 0.491. The molecule has 25 heavy (non-hydrogen) atoms. The van der Waals surface area contributed by atoms with Gasteiger partial charge in [-0.1, -0.05) is 13.8 Å². The Kier molecular flexibility index (Phi) is 5.71. The molecule has 1 aromatic heterocycles. The highest BCUT2D eigenvalue weighted by atomic mass is 16.1. The maximum atomic E-state index is 11.6. The van der Waals surface area contributed by atoms with Crippen molar-refractivity contribution in [1.82, 2.24) is 14.9 Å². The van der Waals surface area contributed by atoms with Gasteiger partial charge in [0.2, 0.25) is 5.95 Å². The summed E-state index contributed by atoms with van der Waals surface area (Å²) < 4.78 is 0. The van der Waals surface area contributed by atoms with E-state index in [9.17, 15) is 4.79 Å². The average Bonchev–Trinajstić information content (AvgIpc) is 2.63. The molecule has 6 nitrogen and oxygen atoms in total. The van der Waals surface area contributed by atoms with Gasteiger partial charge in [-0.15, -0.1) is 0 Å². The van der Waals surface area contributed by atoms with Crippen molar-refractivity contribution in [3.63, 3.8) is 0 Å². The van der Waals surface area contributed by atoms with Gasteiger partial charge in [0, 0.05) is 49.3 Å². The third-order valence-corrected chi connectivity index (χ3v) is 4.56. The van der Waals surface area contributed by atoms with Crippen molar-refractivity contribution >= 4 is 17.3 Å². The molecule has 2 N–H and O–H groups in total. The zero-order chi connectivity index (χ0) is 17.6. The molecule has 1 saturated heterocycles. The quantitative estimate of drug-likeness (QED) is 0.845. The lowest BCUT2D eigenvalue weighted by Gasteiger charge is -2.36. The highest BCUT2D eigenvalue weighted by molar-refractivity contribution is 5.59. The van der Waals surface area contributed by atoms with Crippen LogP contribution in [0.5, 0.6) is 0 Å². The number of aromatic nitrogens is 2. The first-order chi connectivity index (χ1) is 12.2. The first-order valence-corrected chi connectivity index (χ1v) is 9.12. The molecule has 0 atom stereocenters. The molecule has 0 radical (unpaired) electrons. The molecule has 0 spiro atoms. The van der Waals surface area contributed by atoms with E-state index >= 15 is 0 Å². The lowest BCUT2D eigenvalue weighted by atomic mass is 10.2. The fraction of sp³-hybridized carbons (Fsp3) is 0.474. The summed E-state index contributed by atoms with van der Waals surface area (Å²) in [7, 11) is 0. The molecule has 1 aliphatic rings. The predicted octanol–water partition coefficient (Wildman–Crippen LogP) is 2.61. The fourth-order valence-electron chi connectivity index (χ4n) is 3.19. The molecular formula is C19H27N5O. The van der Waals surface area contributed by atoms with Gasteiger partial charge < -0.3 is 10.2 Å². The summed E-state index contributed by atoms with van der Waals surface area (Å²) >= 11 is 0. The number of nitrogens with zero attached hydrogens (tertiary/aromatic N) is 3. The zero-order valence-corrected chi connectivity index (χ0v) is 15.1. The molecule has 1 fully saturated rings. The van der Waals surface area contributed by atoms with E-state index in [1.165, 1.54) is 24.7 Å². The van der Waals surface area contributed by atoms with Crippen LogP contribution in [0.15, 0.2) is 35.1 Å². The lowest BCUT2D eigenvalue weighted by molar-refractivity contribution is 0.258. The van der Waals surface area contributed by atoms with Gasteiger partial charge in [0.25, 0.3) is 5.56 Å². The van der Waals surface area contributed by atoms with Crippen molar-refractivity contribution in [2.45, 2.75) is 26.7 Å². The van der Waals surface area contributed by atoms with Gasteiger partial charge in [-0.2, -0.15) is 0 Å². The number of benzene rings is 1. The van der Waals surface area contributed by atoms with Crippen molar-refractivity contribution in [2.75, 3.05) is 42.9 Å². The van der Waals surface area contributed by atoms with E-state index in [0.29, 0.717) is 5.95 Å². The number of hydrogen-bond acceptors (Lipinski definition) is 5. The van der Waals surface area contributed by atoms with E-state index in [1.807, 2.05) is 19.1 Å². The second kappa shape index (κ2) is 8.16. The van der Waals surface area contributed by atoms with E-state index in [-0.39, 0.29) is 5.56 Å². The van der Waals surface area contributed by atoms with Gasteiger partial charge >= 0.3 is 0 Å². The van der Waals surface area contributed by atoms with Crippen molar-refractivity contribution in [1.29, 1.82) is 0 Å². The summed E-state index contributed by atoms with van der Waals surface area (Å²) in [6.45, 7) is 9.81. The van der Waals surface area contributed by atoms with E-state index < -0.39 is 0 Å². The van der Waals surface area contributed by atoms with E-state index in [4.69, 9.17) is 0 Å². The fourth-order valence-corrected chi connectivity index (χ4v) is 3.19. The Hall–Kier alpha value is -2.34. The molecule has 1 aliphatic heterocycles. The molecule has 1 aromatic carbocycles. The number of hydrogen-bond donors (Lipinski definition) is 2. The maximum Gasteiger partial charge on any atom is 0.252 e. The van der Waals surface area contributed by atoms with Gasteiger partial charge in [0.1, 0.15) is 0 Å². The Bertz CT molecular complexity index is 732. The minimum atomic E-state index is -0.129. The minimum Gasteiger partial charge on any atom is -0.369 e. The Balaban J connectivity index is 1.63. The number of aryl methyl sites for hydroxylation is 1. The smallest absolute Gasteiger partial charge is 0.252 e. The molecule has 2 aromatic rings. The summed E-state index contributed by atoms with van der Waals surface area (Å²) in [6.07, 6.45) is 1.96. The standard InChI is InChI=1S/C19H27N5O/c1-3-9-23-10-12-24(13-11-23)17-7-5-16(6-8-17)21-19-20-15(4-2)14-18(25)22-19/h5-8,14H,3-4,9-13H2,1-2H3,(H2,20,21,22,25). The van der Waals surface area contributed by atoms with E-state index in [2.05, 4.69) is 44.1 Å². The van der Waals surface area contributed by atoms with E-state index in [1.54, 1.807) is 0 Å². The number of rotatable bonds is 6. The number of aromatic amines is 1. The van der Waals surface area contributed by atoms with Crippen LogP contribution in [0.2, 0.25) is 0 Å². The minimum absolute atomic E-state index is 0.129.